The largest absolute Gasteiger partial charge is 0.271 e. The highest BCUT2D eigenvalue weighted by atomic mass is 32.2. The van der Waals surface area contributed by atoms with Crippen LogP contribution in [0.15, 0.2) is 18.5 Å². The topological polar surface area (TPSA) is 50.9 Å². The van der Waals surface area contributed by atoms with Gasteiger partial charge in [0.2, 0.25) is 0 Å². The molecule has 0 fully saturated rings. The van der Waals surface area contributed by atoms with E-state index in [1.165, 1.54) is 6.20 Å². The zero-order valence-corrected chi connectivity index (χ0v) is 9.72. The first-order chi connectivity index (χ1) is 7.15. The maximum absolute atomic E-state index is 13.4. The van der Waals surface area contributed by atoms with Crippen LogP contribution in [0.5, 0.6) is 0 Å². The highest BCUT2D eigenvalue weighted by molar-refractivity contribution is 7.99. The number of hydrogen-bond donors (Lipinski definition) is 2. The maximum atomic E-state index is 13.4. The van der Waals surface area contributed by atoms with Crippen LogP contribution in [0.3, 0.4) is 0 Å². The van der Waals surface area contributed by atoms with Gasteiger partial charge in [-0.2, -0.15) is 11.8 Å². The highest BCUT2D eigenvalue weighted by Crippen LogP contribution is 2.21. The summed E-state index contributed by atoms with van der Waals surface area (Å²) in [5.41, 5.74) is 3.20. The summed E-state index contributed by atoms with van der Waals surface area (Å²) in [6.07, 6.45) is 2.78. The normalized spacial score (nSPS) is 13.1. The third-order valence-corrected chi connectivity index (χ3v) is 3.17. The SMILES string of the molecule is CC(C)SCC(NN)c1ccncc1F. The Morgan fingerprint density at radius 3 is 2.87 bits per heavy atom. The van der Waals surface area contributed by atoms with Gasteiger partial charge in [0.15, 0.2) is 0 Å². The molecule has 0 bridgehead atoms. The second-order valence-corrected chi connectivity index (χ2v) is 5.11. The van der Waals surface area contributed by atoms with Crippen molar-refractivity contribution < 1.29 is 4.39 Å². The molecule has 0 saturated carbocycles. The smallest absolute Gasteiger partial charge is 0.146 e. The molecule has 5 heteroatoms. The summed E-state index contributed by atoms with van der Waals surface area (Å²) in [5.74, 6) is 5.84. The van der Waals surface area contributed by atoms with Crippen molar-refractivity contribution >= 4 is 11.8 Å². The molecule has 1 aromatic heterocycles. The van der Waals surface area contributed by atoms with E-state index in [1.54, 1.807) is 24.0 Å². The van der Waals surface area contributed by atoms with E-state index in [2.05, 4.69) is 24.3 Å². The van der Waals surface area contributed by atoms with Crippen molar-refractivity contribution in [2.24, 2.45) is 5.84 Å². The average molecular weight is 229 g/mol. The van der Waals surface area contributed by atoms with Crippen molar-refractivity contribution in [3.05, 3.63) is 29.8 Å². The van der Waals surface area contributed by atoms with E-state index in [0.717, 1.165) is 5.75 Å². The fraction of sp³-hybridized carbons (Fsp3) is 0.500. The monoisotopic (exact) mass is 229 g/mol. The van der Waals surface area contributed by atoms with Crippen LogP contribution >= 0.6 is 11.8 Å². The number of nitrogens with two attached hydrogens (primary N) is 1. The van der Waals surface area contributed by atoms with Crippen molar-refractivity contribution in [1.82, 2.24) is 10.4 Å². The fourth-order valence-electron chi connectivity index (χ4n) is 1.18. The van der Waals surface area contributed by atoms with E-state index in [4.69, 9.17) is 5.84 Å². The molecule has 0 amide bonds. The van der Waals surface area contributed by atoms with E-state index in [0.29, 0.717) is 10.8 Å². The Morgan fingerprint density at radius 1 is 1.60 bits per heavy atom. The summed E-state index contributed by atoms with van der Waals surface area (Å²) >= 11 is 1.74. The predicted molar refractivity (Wildman–Crippen MR) is 61.9 cm³/mol. The number of aromatic nitrogens is 1. The third-order valence-electron chi connectivity index (χ3n) is 1.98. The van der Waals surface area contributed by atoms with Gasteiger partial charge >= 0.3 is 0 Å². The van der Waals surface area contributed by atoms with Crippen molar-refractivity contribution in [2.45, 2.75) is 25.1 Å². The molecule has 1 atom stereocenters. The number of halogens is 1. The number of rotatable bonds is 5. The van der Waals surface area contributed by atoms with E-state index in [-0.39, 0.29) is 11.9 Å². The first-order valence-electron chi connectivity index (χ1n) is 4.82. The van der Waals surface area contributed by atoms with Gasteiger partial charge < -0.3 is 0 Å². The number of hydrazine groups is 1. The van der Waals surface area contributed by atoms with E-state index < -0.39 is 0 Å². The van der Waals surface area contributed by atoms with Gasteiger partial charge in [0.1, 0.15) is 5.82 Å². The molecule has 1 aromatic rings. The standard InChI is InChI=1S/C10H16FN3S/c1-7(2)15-6-10(14-12)8-3-4-13-5-9(8)11/h3-5,7,10,14H,6,12H2,1-2H3. The number of thioether (sulfide) groups is 1. The highest BCUT2D eigenvalue weighted by Gasteiger charge is 2.14. The molecular weight excluding hydrogens is 213 g/mol. The van der Waals surface area contributed by atoms with Crippen LogP contribution in [0.4, 0.5) is 4.39 Å². The average Bonchev–Trinajstić information content (AvgIpc) is 2.21. The minimum absolute atomic E-state index is 0.166. The molecule has 84 valence electrons. The lowest BCUT2D eigenvalue weighted by atomic mass is 10.1. The summed E-state index contributed by atoms with van der Waals surface area (Å²) in [4.78, 5) is 3.71. The van der Waals surface area contributed by atoms with E-state index >= 15 is 0 Å². The molecule has 0 radical (unpaired) electrons. The number of pyridine rings is 1. The van der Waals surface area contributed by atoms with Gasteiger partial charge in [-0.3, -0.25) is 16.3 Å². The molecule has 1 rings (SSSR count). The first-order valence-corrected chi connectivity index (χ1v) is 5.87. The molecule has 3 nitrogen and oxygen atoms in total. The molecule has 0 aliphatic rings. The van der Waals surface area contributed by atoms with E-state index in [9.17, 15) is 4.39 Å². The summed E-state index contributed by atoms with van der Waals surface area (Å²) in [5, 5.41) is 0.505. The molecular formula is C10H16FN3S. The van der Waals surface area contributed by atoms with Crippen LogP contribution in [0.2, 0.25) is 0 Å². The molecule has 0 aromatic carbocycles. The Labute approximate surface area is 93.6 Å². The van der Waals surface area contributed by atoms with Crippen molar-refractivity contribution in [3.63, 3.8) is 0 Å². The number of nitrogens with one attached hydrogen (secondary N) is 1. The molecule has 0 aliphatic carbocycles. The third kappa shape index (κ3) is 3.77. The fourth-order valence-corrected chi connectivity index (χ4v) is 2.04. The van der Waals surface area contributed by atoms with Crippen LogP contribution in [0.25, 0.3) is 0 Å². The number of nitrogens with zero attached hydrogens (tertiary/aromatic N) is 1. The lowest BCUT2D eigenvalue weighted by Gasteiger charge is -2.17. The van der Waals surface area contributed by atoms with Crippen LogP contribution in [-0.4, -0.2) is 16.0 Å². The molecule has 1 unspecified atom stereocenters. The second kappa shape index (κ2) is 6.05. The van der Waals surface area contributed by atoms with Gasteiger partial charge in [0, 0.05) is 17.5 Å². The van der Waals surface area contributed by atoms with Gasteiger partial charge in [0.25, 0.3) is 0 Å². The number of hydrogen-bond acceptors (Lipinski definition) is 4. The lowest BCUT2D eigenvalue weighted by Crippen LogP contribution is -2.30. The van der Waals surface area contributed by atoms with Crippen molar-refractivity contribution in [2.75, 3.05) is 5.75 Å². The van der Waals surface area contributed by atoms with Crippen molar-refractivity contribution in [3.8, 4) is 0 Å². The zero-order chi connectivity index (χ0) is 11.3. The van der Waals surface area contributed by atoms with Crippen LogP contribution < -0.4 is 11.3 Å². The summed E-state index contributed by atoms with van der Waals surface area (Å²) in [7, 11) is 0. The van der Waals surface area contributed by atoms with Crippen LogP contribution in [-0.2, 0) is 0 Å². The molecule has 3 N–H and O–H groups in total. The lowest BCUT2D eigenvalue weighted by molar-refractivity contribution is 0.542. The quantitative estimate of drug-likeness (QED) is 0.598. The molecule has 0 aliphatic heterocycles. The predicted octanol–water partition coefficient (Wildman–Crippen LogP) is 1.87. The summed E-state index contributed by atoms with van der Waals surface area (Å²) in [6, 6.07) is 1.49. The Balaban J connectivity index is 2.70. The zero-order valence-electron chi connectivity index (χ0n) is 8.90. The Kier molecular flexibility index (Phi) is 5.01. The van der Waals surface area contributed by atoms with Gasteiger partial charge in [-0.05, 0) is 11.3 Å². The summed E-state index contributed by atoms with van der Waals surface area (Å²) < 4.78 is 13.4. The molecule has 0 saturated heterocycles. The minimum atomic E-state index is -0.315. The van der Waals surface area contributed by atoms with Gasteiger partial charge in [0.05, 0.1) is 12.2 Å². The van der Waals surface area contributed by atoms with E-state index in [1.807, 2.05) is 0 Å². The minimum Gasteiger partial charge on any atom is -0.271 e. The first kappa shape index (κ1) is 12.4. The van der Waals surface area contributed by atoms with Gasteiger partial charge in [-0.25, -0.2) is 4.39 Å². The van der Waals surface area contributed by atoms with Gasteiger partial charge in [-0.1, -0.05) is 13.8 Å². The molecule has 15 heavy (non-hydrogen) atoms. The Hall–Kier alpha value is -0.650. The molecule has 0 spiro atoms. The van der Waals surface area contributed by atoms with Gasteiger partial charge in [-0.15, -0.1) is 0 Å². The second-order valence-electron chi connectivity index (χ2n) is 3.50. The van der Waals surface area contributed by atoms with Crippen LogP contribution in [0.1, 0.15) is 25.5 Å². The summed E-state index contributed by atoms with van der Waals surface area (Å²) in [6.45, 7) is 4.20. The molecule has 1 heterocycles. The Bertz CT molecular complexity index is 306. The van der Waals surface area contributed by atoms with Crippen LogP contribution in [0, 0.1) is 5.82 Å². The van der Waals surface area contributed by atoms with Crippen molar-refractivity contribution in [1.29, 1.82) is 0 Å². The maximum Gasteiger partial charge on any atom is 0.146 e. The Morgan fingerprint density at radius 2 is 2.33 bits per heavy atom.